The number of benzene rings is 2. The van der Waals surface area contributed by atoms with E-state index in [1.807, 2.05) is 13.8 Å². The number of hydrogen-bond acceptors (Lipinski definition) is 6. The molecule has 1 atom stereocenters. The number of ketones is 1. The summed E-state index contributed by atoms with van der Waals surface area (Å²) in [5.74, 6) is -7.24. The Morgan fingerprint density at radius 1 is 0.694 bits per heavy atom. The summed E-state index contributed by atoms with van der Waals surface area (Å²) in [6, 6.07) is -0.189. The number of Topliss-reactive ketones (excluding diaryl/α,β-unsaturated/α-hetero) is 1. The molecule has 3 rings (SSSR count). The average molecular weight is 730 g/mol. The number of aliphatic hydroxyl groups is 1. The average Bonchev–Trinajstić information content (AvgIpc) is 2.98. The van der Waals surface area contributed by atoms with Gasteiger partial charge in [0.25, 0.3) is 0 Å². The Hall–Kier alpha value is -4.86. The zero-order valence-corrected chi connectivity index (χ0v) is 24.3. The van der Waals surface area contributed by atoms with Crippen LogP contribution in [0.1, 0.15) is 64.0 Å². The van der Waals surface area contributed by atoms with Crippen LogP contribution >= 0.6 is 0 Å². The van der Waals surface area contributed by atoms with Gasteiger partial charge in [0.2, 0.25) is 5.91 Å². The summed E-state index contributed by atoms with van der Waals surface area (Å²) < 4.78 is 204. The maximum atomic E-state index is 14.0. The molecular formula is C27H17F15N4O3. The number of carbonyl (C=O) groups is 2. The Labute approximate surface area is 264 Å². The van der Waals surface area contributed by atoms with Crippen LogP contribution in [0.2, 0.25) is 0 Å². The van der Waals surface area contributed by atoms with Crippen molar-refractivity contribution in [1.82, 2.24) is 0 Å². The van der Waals surface area contributed by atoms with Gasteiger partial charge in [-0.25, -0.2) is 5.01 Å². The molecule has 268 valence electrons. The van der Waals surface area contributed by atoms with E-state index in [2.05, 4.69) is 5.10 Å². The van der Waals surface area contributed by atoms with E-state index in [9.17, 15) is 75.4 Å². The fraction of sp³-hybridized carbons (Fsp3) is 0.370. The quantitative estimate of drug-likeness (QED) is 0.252. The number of amides is 1. The van der Waals surface area contributed by atoms with Gasteiger partial charge in [-0.1, -0.05) is 13.8 Å². The minimum Gasteiger partial charge on any atom is -0.400 e. The summed E-state index contributed by atoms with van der Waals surface area (Å²) in [7, 11) is 1.00. The lowest BCUT2D eigenvalue weighted by atomic mass is 9.85. The molecule has 0 saturated carbocycles. The van der Waals surface area contributed by atoms with Crippen molar-refractivity contribution in [3.8, 4) is 12.1 Å². The number of hydrazone groups is 1. The summed E-state index contributed by atoms with van der Waals surface area (Å²) in [5, 5.41) is 26.8. The number of halogens is 15. The van der Waals surface area contributed by atoms with E-state index in [1.54, 1.807) is 0 Å². The van der Waals surface area contributed by atoms with Crippen LogP contribution in [0.15, 0.2) is 29.4 Å². The highest BCUT2D eigenvalue weighted by Crippen LogP contribution is 2.44. The first-order valence-electron chi connectivity index (χ1n) is 12.7. The predicted octanol–water partition coefficient (Wildman–Crippen LogP) is 8.29. The molecule has 0 fully saturated rings. The van der Waals surface area contributed by atoms with Crippen LogP contribution in [-0.4, -0.2) is 35.8 Å². The van der Waals surface area contributed by atoms with E-state index < -0.39 is 122 Å². The van der Waals surface area contributed by atoms with Crippen molar-refractivity contribution < 1.29 is 80.6 Å². The Balaban J connectivity index is 0.00000289. The zero-order chi connectivity index (χ0) is 38.7. The third-order valence-electron chi connectivity index (χ3n) is 6.00. The van der Waals surface area contributed by atoms with Crippen LogP contribution in [0.25, 0.3) is 0 Å². The third kappa shape index (κ3) is 9.19. The molecular weight excluding hydrogens is 713 g/mol. The maximum Gasteiger partial charge on any atom is 0.431 e. The molecule has 49 heavy (non-hydrogen) atoms. The molecule has 0 saturated heterocycles. The number of hydrogen-bond donors (Lipinski definition) is 1. The molecule has 0 aliphatic carbocycles. The Bertz CT molecular complexity index is 1620. The van der Waals surface area contributed by atoms with Gasteiger partial charge in [0.05, 0.1) is 45.0 Å². The Morgan fingerprint density at radius 3 is 1.31 bits per heavy atom. The van der Waals surface area contributed by atoms with Gasteiger partial charge in [-0.3, -0.25) is 9.59 Å². The molecule has 2 aromatic rings. The third-order valence-corrected chi connectivity index (χ3v) is 6.00. The SMILES string of the molecule is CC.CO.N#Cc1c(C(F)(F)F)cc(C(=O)C2CC(=O)N(c3cc(C(F)(F)F)c(C#N)c(C(F)(F)F)c3)N=C2C(F)(F)F)cc1C(F)(F)F. The first-order chi connectivity index (χ1) is 22.2. The zero-order valence-electron chi connectivity index (χ0n) is 24.3. The fourth-order valence-corrected chi connectivity index (χ4v) is 4.13. The van der Waals surface area contributed by atoms with Gasteiger partial charge in [0.1, 0.15) is 12.1 Å². The van der Waals surface area contributed by atoms with Crippen molar-refractivity contribution in [2.75, 3.05) is 12.1 Å². The maximum absolute atomic E-state index is 14.0. The van der Waals surface area contributed by atoms with E-state index in [4.69, 9.17) is 15.6 Å². The highest BCUT2D eigenvalue weighted by atomic mass is 19.4. The summed E-state index contributed by atoms with van der Waals surface area (Å²) >= 11 is 0. The van der Waals surface area contributed by atoms with Gasteiger partial charge in [-0.15, -0.1) is 0 Å². The molecule has 7 nitrogen and oxygen atoms in total. The molecule has 0 bridgehead atoms. The molecule has 0 aromatic heterocycles. The highest BCUT2D eigenvalue weighted by Gasteiger charge is 2.51. The van der Waals surface area contributed by atoms with Crippen LogP contribution in [-0.2, 0) is 29.5 Å². The van der Waals surface area contributed by atoms with Gasteiger partial charge in [0, 0.05) is 19.1 Å². The van der Waals surface area contributed by atoms with Gasteiger partial charge in [-0.2, -0.15) is 81.5 Å². The molecule has 2 aromatic carbocycles. The van der Waals surface area contributed by atoms with Crippen LogP contribution in [0.4, 0.5) is 71.5 Å². The first-order valence-corrected chi connectivity index (χ1v) is 12.7. The van der Waals surface area contributed by atoms with Gasteiger partial charge in [0.15, 0.2) is 11.5 Å². The highest BCUT2D eigenvalue weighted by molar-refractivity contribution is 6.19. The van der Waals surface area contributed by atoms with E-state index in [1.165, 1.54) is 0 Å². The number of alkyl halides is 15. The summed E-state index contributed by atoms with van der Waals surface area (Å²) in [6.07, 6.45) is -30.8. The number of anilines is 1. The van der Waals surface area contributed by atoms with Crippen LogP contribution in [0.3, 0.4) is 0 Å². The van der Waals surface area contributed by atoms with Gasteiger partial charge < -0.3 is 5.11 Å². The van der Waals surface area contributed by atoms with E-state index in [0.717, 1.165) is 7.11 Å². The number of nitrogens with zero attached hydrogens (tertiary/aromatic N) is 4. The minimum absolute atomic E-state index is 0.336. The summed E-state index contributed by atoms with van der Waals surface area (Å²) in [4.78, 5) is 25.7. The van der Waals surface area contributed by atoms with Crippen molar-refractivity contribution >= 4 is 23.1 Å². The molecule has 22 heteroatoms. The smallest absolute Gasteiger partial charge is 0.400 e. The molecule has 1 aliphatic rings. The van der Waals surface area contributed by atoms with Crippen molar-refractivity contribution in [3.63, 3.8) is 0 Å². The normalized spacial score (nSPS) is 15.5. The molecule has 1 aliphatic heterocycles. The lowest BCUT2D eigenvalue weighted by Gasteiger charge is -2.30. The van der Waals surface area contributed by atoms with E-state index in [0.29, 0.717) is 12.1 Å². The van der Waals surface area contributed by atoms with Gasteiger partial charge in [-0.05, 0) is 24.3 Å². The molecule has 0 spiro atoms. The van der Waals surface area contributed by atoms with E-state index in [-0.39, 0.29) is 12.1 Å². The van der Waals surface area contributed by atoms with Crippen LogP contribution < -0.4 is 5.01 Å². The standard InChI is InChI=1S/C24H7F15N4O2.C2H6.CH4O/c25-20(26,27)13-1-8(2-14(11(13)6-40)21(28,29)30)18(45)10-5-17(44)43(42-19(10)24(37,38)39)9-3-15(22(31,32)33)12(7-41)16(4-9)23(34,35)36;2*1-2/h1-4,10H,5H2;1-2H3;2H,1H3. The van der Waals surface area contributed by atoms with Crippen molar-refractivity contribution in [2.45, 2.75) is 51.1 Å². The topological polar surface area (TPSA) is 118 Å². The number of rotatable bonds is 3. The molecule has 1 N–H and O–H groups in total. The second-order valence-corrected chi connectivity index (χ2v) is 8.89. The van der Waals surface area contributed by atoms with Crippen molar-refractivity contribution in [2.24, 2.45) is 11.0 Å². The Kier molecular flexibility index (Phi) is 12.7. The Morgan fingerprint density at radius 2 is 1.02 bits per heavy atom. The lowest BCUT2D eigenvalue weighted by Crippen LogP contribution is -2.46. The lowest BCUT2D eigenvalue weighted by molar-refractivity contribution is -0.145. The number of aliphatic hydroxyl groups excluding tert-OH is 1. The molecule has 0 radical (unpaired) electrons. The molecule has 1 heterocycles. The van der Waals surface area contributed by atoms with Crippen LogP contribution in [0.5, 0.6) is 0 Å². The summed E-state index contributed by atoms with van der Waals surface area (Å²) in [5.41, 5.74) is -19.5. The number of carbonyl (C=O) groups excluding carboxylic acids is 2. The van der Waals surface area contributed by atoms with Crippen LogP contribution in [0, 0.1) is 28.6 Å². The van der Waals surface area contributed by atoms with Gasteiger partial charge >= 0.3 is 30.9 Å². The van der Waals surface area contributed by atoms with Crippen molar-refractivity contribution in [1.29, 1.82) is 10.5 Å². The first kappa shape index (κ1) is 42.2. The number of nitriles is 2. The molecule has 1 amide bonds. The second kappa shape index (κ2) is 14.7. The fourth-order valence-electron chi connectivity index (χ4n) is 4.13. The monoisotopic (exact) mass is 730 g/mol. The largest absolute Gasteiger partial charge is 0.431 e. The minimum atomic E-state index is -5.90. The second-order valence-electron chi connectivity index (χ2n) is 8.89. The summed E-state index contributed by atoms with van der Waals surface area (Å²) in [6.45, 7) is 4.00. The molecule has 1 unspecified atom stereocenters. The van der Waals surface area contributed by atoms with Crippen molar-refractivity contribution in [3.05, 3.63) is 63.2 Å². The van der Waals surface area contributed by atoms with E-state index >= 15 is 0 Å². The predicted molar refractivity (Wildman–Crippen MR) is 135 cm³/mol.